The van der Waals surface area contributed by atoms with Crippen LogP contribution >= 0.6 is 15.9 Å². The third kappa shape index (κ3) is 2.36. The third-order valence-corrected chi connectivity index (χ3v) is 2.83. The Morgan fingerprint density at radius 2 is 2.25 bits per heavy atom. The monoisotopic (exact) mass is 280 g/mol. The predicted molar refractivity (Wildman–Crippen MR) is 63.0 cm³/mol. The highest BCUT2D eigenvalue weighted by Crippen LogP contribution is 2.21. The number of pyridine rings is 2. The fourth-order valence-electron chi connectivity index (χ4n) is 1.42. The Labute approximate surface area is 101 Å². The van der Waals surface area contributed by atoms with Gasteiger partial charge in [0.25, 0.3) is 6.47 Å². The maximum Gasteiger partial charge on any atom is 0.293 e. The molecule has 0 N–H and O–H groups in total. The first-order valence-electron chi connectivity index (χ1n) is 4.74. The molecule has 2 heterocycles. The maximum absolute atomic E-state index is 10.0. The minimum absolute atomic E-state index is 0.374. The molecule has 82 valence electrons. The second kappa shape index (κ2) is 5.03. The van der Waals surface area contributed by atoms with E-state index < -0.39 is 0 Å². The van der Waals surface area contributed by atoms with E-state index in [1.165, 1.54) is 0 Å². The number of halogens is 1. The molecular weight excluding hydrogens is 272 g/mol. The summed E-state index contributed by atoms with van der Waals surface area (Å²) in [5.41, 5.74) is 1.87. The molecule has 16 heavy (non-hydrogen) atoms. The summed E-state index contributed by atoms with van der Waals surface area (Å²) in [5.74, 6) is 0. The van der Waals surface area contributed by atoms with Gasteiger partial charge in [-0.25, -0.2) is 0 Å². The van der Waals surface area contributed by atoms with Gasteiger partial charge in [0.1, 0.15) is 0 Å². The Hall–Kier alpha value is -1.49. The van der Waals surface area contributed by atoms with E-state index in [0.29, 0.717) is 19.5 Å². The van der Waals surface area contributed by atoms with E-state index in [4.69, 9.17) is 0 Å². The molecule has 0 aliphatic heterocycles. The minimum Gasteiger partial charge on any atom is -0.468 e. The van der Waals surface area contributed by atoms with Gasteiger partial charge >= 0.3 is 0 Å². The Morgan fingerprint density at radius 1 is 1.38 bits per heavy atom. The number of carbonyl (C=O) groups excluding carboxylic acids is 1. The zero-order valence-corrected chi connectivity index (χ0v) is 9.98. The second-order valence-electron chi connectivity index (χ2n) is 3.25. The van der Waals surface area contributed by atoms with Crippen LogP contribution in [-0.2, 0) is 16.0 Å². The van der Waals surface area contributed by atoms with Gasteiger partial charge < -0.3 is 4.74 Å². The molecule has 5 heteroatoms. The highest BCUT2D eigenvalue weighted by atomic mass is 79.9. The number of hydrogen-bond acceptors (Lipinski definition) is 4. The van der Waals surface area contributed by atoms with Crippen LogP contribution < -0.4 is 0 Å². The van der Waals surface area contributed by atoms with E-state index in [9.17, 15) is 4.79 Å². The van der Waals surface area contributed by atoms with Crippen molar-refractivity contribution in [3.63, 3.8) is 0 Å². The van der Waals surface area contributed by atoms with Crippen molar-refractivity contribution >= 4 is 33.3 Å². The zero-order valence-electron chi connectivity index (χ0n) is 8.39. The average molecular weight is 281 g/mol. The second-order valence-corrected chi connectivity index (χ2v) is 4.10. The summed E-state index contributed by atoms with van der Waals surface area (Å²) in [6.07, 6.45) is 5.88. The Balaban J connectivity index is 2.28. The molecule has 2 aromatic rings. The minimum atomic E-state index is 0.374. The molecule has 0 unspecified atom stereocenters. The molecular formula is C11H9BrN2O2. The van der Waals surface area contributed by atoms with E-state index in [2.05, 4.69) is 30.6 Å². The number of carbonyl (C=O) groups is 1. The average Bonchev–Trinajstić information content (AvgIpc) is 2.30. The van der Waals surface area contributed by atoms with Crippen LogP contribution in [0.15, 0.2) is 29.1 Å². The van der Waals surface area contributed by atoms with E-state index in [1.807, 2.05) is 6.07 Å². The molecule has 0 radical (unpaired) electrons. The highest BCUT2D eigenvalue weighted by Gasteiger charge is 2.02. The van der Waals surface area contributed by atoms with Crippen molar-refractivity contribution in [2.24, 2.45) is 0 Å². The maximum atomic E-state index is 10.0. The first-order valence-corrected chi connectivity index (χ1v) is 5.54. The van der Waals surface area contributed by atoms with Gasteiger partial charge in [0.05, 0.1) is 18.3 Å². The lowest BCUT2D eigenvalue weighted by atomic mass is 10.1. The van der Waals surface area contributed by atoms with Gasteiger partial charge in [0, 0.05) is 28.7 Å². The summed E-state index contributed by atoms with van der Waals surface area (Å²) < 4.78 is 5.56. The van der Waals surface area contributed by atoms with Crippen LogP contribution in [0, 0.1) is 0 Å². The normalized spacial score (nSPS) is 10.3. The van der Waals surface area contributed by atoms with Crippen molar-refractivity contribution in [3.05, 3.63) is 34.7 Å². The quantitative estimate of drug-likeness (QED) is 0.636. The molecule has 0 aromatic carbocycles. The van der Waals surface area contributed by atoms with Crippen LogP contribution in [0.5, 0.6) is 0 Å². The first kappa shape index (κ1) is 11.0. The van der Waals surface area contributed by atoms with Crippen molar-refractivity contribution in [2.75, 3.05) is 6.61 Å². The van der Waals surface area contributed by atoms with Crippen LogP contribution in [0.25, 0.3) is 10.9 Å². The van der Waals surface area contributed by atoms with E-state index in [1.54, 1.807) is 18.6 Å². The highest BCUT2D eigenvalue weighted by molar-refractivity contribution is 9.10. The van der Waals surface area contributed by atoms with Gasteiger partial charge in [0.2, 0.25) is 0 Å². The third-order valence-electron chi connectivity index (χ3n) is 2.19. The van der Waals surface area contributed by atoms with Crippen LogP contribution in [0.4, 0.5) is 0 Å². The Kier molecular flexibility index (Phi) is 3.46. The Morgan fingerprint density at radius 3 is 3.06 bits per heavy atom. The summed E-state index contributed by atoms with van der Waals surface area (Å²) in [5, 5.41) is 1.01. The number of rotatable bonds is 4. The smallest absolute Gasteiger partial charge is 0.293 e. The van der Waals surface area contributed by atoms with Crippen molar-refractivity contribution in [3.8, 4) is 0 Å². The van der Waals surface area contributed by atoms with E-state index in [-0.39, 0.29) is 0 Å². The van der Waals surface area contributed by atoms with Gasteiger partial charge in [-0.15, -0.1) is 0 Å². The lowest BCUT2D eigenvalue weighted by Gasteiger charge is -2.03. The van der Waals surface area contributed by atoms with Crippen molar-refractivity contribution in [2.45, 2.75) is 6.42 Å². The molecule has 4 nitrogen and oxygen atoms in total. The Bertz CT molecular complexity index is 516. The SMILES string of the molecule is O=COCCc1cnc2cncc(Br)c2c1. The predicted octanol–water partition coefficient (Wildman–Crippen LogP) is 2.11. The van der Waals surface area contributed by atoms with E-state index >= 15 is 0 Å². The van der Waals surface area contributed by atoms with Gasteiger partial charge in [-0.2, -0.15) is 0 Å². The van der Waals surface area contributed by atoms with Crippen LogP contribution in [0.1, 0.15) is 5.56 Å². The first-order chi connectivity index (χ1) is 7.81. The van der Waals surface area contributed by atoms with Gasteiger partial charge in [0.15, 0.2) is 0 Å². The molecule has 0 atom stereocenters. The molecule has 0 aliphatic carbocycles. The number of nitrogens with zero attached hydrogens (tertiary/aromatic N) is 2. The van der Waals surface area contributed by atoms with Gasteiger partial charge in [-0.3, -0.25) is 14.8 Å². The summed E-state index contributed by atoms with van der Waals surface area (Å²) in [4.78, 5) is 18.3. The number of fused-ring (bicyclic) bond motifs is 1. The number of hydrogen-bond donors (Lipinski definition) is 0. The summed E-state index contributed by atoms with van der Waals surface area (Å²) in [7, 11) is 0. The van der Waals surface area contributed by atoms with Crippen molar-refractivity contribution in [1.29, 1.82) is 0 Å². The molecule has 2 rings (SSSR count). The lowest BCUT2D eigenvalue weighted by Crippen LogP contribution is -1.97. The fourth-order valence-corrected chi connectivity index (χ4v) is 1.85. The standard InChI is InChI=1S/C11H9BrN2O2/c12-10-5-13-6-11-9(10)3-8(4-14-11)1-2-16-7-15/h3-7H,1-2H2. The molecule has 0 saturated carbocycles. The fraction of sp³-hybridized carbons (Fsp3) is 0.182. The van der Waals surface area contributed by atoms with E-state index in [0.717, 1.165) is 20.9 Å². The molecule has 0 amide bonds. The van der Waals surface area contributed by atoms with Gasteiger partial charge in [-0.05, 0) is 27.6 Å². The van der Waals surface area contributed by atoms with Crippen molar-refractivity contribution < 1.29 is 9.53 Å². The molecule has 0 spiro atoms. The summed E-state index contributed by atoms with van der Waals surface area (Å²) >= 11 is 3.42. The molecule has 0 aliphatic rings. The summed E-state index contributed by atoms with van der Waals surface area (Å²) in [6, 6.07) is 2.02. The number of ether oxygens (including phenoxy) is 1. The molecule has 0 saturated heterocycles. The zero-order chi connectivity index (χ0) is 11.4. The van der Waals surface area contributed by atoms with Crippen LogP contribution in [0.3, 0.4) is 0 Å². The lowest BCUT2D eigenvalue weighted by molar-refractivity contribution is -0.128. The van der Waals surface area contributed by atoms with Gasteiger partial charge in [-0.1, -0.05) is 0 Å². The topological polar surface area (TPSA) is 52.1 Å². The molecule has 0 fully saturated rings. The van der Waals surface area contributed by atoms with Crippen molar-refractivity contribution in [1.82, 2.24) is 9.97 Å². The van der Waals surface area contributed by atoms with Crippen LogP contribution in [0.2, 0.25) is 0 Å². The molecule has 2 aromatic heterocycles. The largest absolute Gasteiger partial charge is 0.468 e. The van der Waals surface area contributed by atoms with Crippen LogP contribution in [-0.4, -0.2) is 23.0 Å². The molecule has 0 bridgehead atoms. The number of aromatic nitrogens is 2. The summed E-state index contributed by atoms with van der Waals surface area (Å²) in [6.45, 7) is 0.827.